The van der Waals surface area contributed by atoms with Crippen LogP contribution in [0.5, 0.6) is 5.88 Å². The zero-order valence-electron chi connectivity index (χ0n) is 21.5. The van der Waals surface area contributed by atoms with E-state index in [9.17, 15) is 14.7 Å². The first kappa shape index (κ1) is 26.3. The molecule has 3 rings (SSSR count). The Balaban J connectivity index is 1.87. The van der Waals surface area contributed by atoms with Gasteiger partial charge in [0.1, 0.15) is 12.2 Å². The number of aryl methyl sites for hydroxylation is 3. The van der Waals surface area contributed by atoms with Gasteiger partial charge in [-0.05, 0) is 63.9 Å². The molecule has 1 fully saturated rings. The number of esters is 1. The number of hydrogen-bond donors (Lipinski definition) is 1. The van der Waals surface area contributed by atoms with Crippen molar-refractivity contribution in [3.05, 3.63) is 46.6 Å². The number of aliphatic hydroxyl groups is 1. The molecule has 1 aromatic carbocycles. The third kappa shape index (κ3) is 6.22. The minimum absolute atomic E-state index is 0.206. The Bertz CT molecular complexity index is 1040. The fraction of sp³-hybridized carbons (Fsp3) is 0.500. The lowest BCUT2D eigenvalue weighted by Crippen LogP contribution is -2.54. The third-order valence-electron chi connectivity index (χ3n) is 6.08. The van der Waals surface area contributed by atoms with Crippen LogP contribution in [-0.2, 0) is 9.53 Å². The Morgan fingerprint density at radius 3 is 2.26 bits per heavy atom. The van der Waals surface area contributed by atoms with Crippen LogP contribution in [0.15, 0.2) is 24.3 Å². The van der Waals surface area contributed by atoms with E-state index in [-0.39, 0.29) is 25.1 Å². The number of amides is 2. The molecule has 9 nitrogen and oxygen atoms in total. The number of ether oxygens (including phenoxy) is 2. The molecule has 0 aliphatic carbocycles. The number of carbonyl (C=O) groups is 2. The van der Waals surface area contributed by atoms with E-state index >= 15 is 0 Å². The van der Waals surface area contributed by atoms with Gasteiger partial charge in [-0.3, -0.25) is 9.69 Å². The summed E-state index contributed by atoms with van der Waals surface area (Å²) < 4.78 is 10.6. The lowest BCUT2D eigenvalue weighted by atomic mass is 10.1. The Morgan fingerprint density at radius 1 is 1.09 bits per heavy atom. The molecule has 0 spiro atoms. The number of rotatable bonds is 7. The zero-order valence-corrected chi connectivity index (χ0v) is 21.5. The monoisotopic (exact) mass is 484 g/mol. The van der Waals surface area contributed by atoms with Crippen molar-refractivity contribution >= 4 is 23.4 Å². The SMILES string of the molecule is CCOC(=O)CN(C(=O)N1CCN(c2cc(C)cc(C)c2)CC1)c1cc(C(C)O)c(C)nc1OC. The second kappa shape index (κ2) is 11.4. The van der Waals surface area contributed by atoms with Gasteiger partial charge in [0.25, 0.3) is 0 Å². The Labute approximate surface area is 207 Å². The van der Waals surface area contributed by atoms with Gasteiger partial charge in [-0.25, -0.2) is 9.78 Å². The smallest absolute Gasteiger partial charge is 0.326 e. The molecule has 1 aromatic heterocycles. The minimum atomic E-state index is -0.798. The molecule has 2 aromatic rings. The average molecular weight is 485 g/mol. The molecule has 2 amide bonds. The van der Waals surface area contributed by atoms with E-state index in [1.165, 1.54) is 23.1 Å². The summed E-state index contributed by atoms with van der Waals surface area (Å²) in [6, 6.07) is 7.77. The van der Waals surface area contributed by atoms with Crippen molar-refractivity contribution < 1.29 is 24.2 Å². The molecular weight excluding hydrogens is 448 g/mol. The van der Waals surface area contributed by atoms with Crippen LogP contribution in [-0.4, -0.2) is 73.4 Å². The van der Waals surface area contributed by atoms with Gasteiger partial charge >= 0.3 is 12.0 Å². The molecule has 2 heterocycles. The van der Waals surface area contributed by atoms with Gasteiger partial charge in [0.2, 0.25) is 5.88 Å². The van der Waals surface area contributed by atoms with Crippen LogP contribution in [0.4, 0.5) is 16.2 Å². The van der Waals surface area contributed by atoms with Gasteiger partial charge in [0.05, 0.1) is 19.8 Å². The van der Waals surface area contributed by atoms with Crippen molar-refractivity contribution in [1.29, 1.82) is 0 Å². The molecule has 0 bridgehead atoms. The summed E-state index contributed by atoms with van der Waals surface area (Å²) in [4.78, 5) is 35.9. The van der Waals surface area contributed by atoms with Gasteiger partial charge in [0.15, 0.2) is 0 Å². The summed E-state index contributed by atoms with van der Waals surface area (Å²) in [5.41, 5.74) is 5.01. The molecule has 1 saturated heterocycles. The summed E-state index contributed by atoms with van der Waals surface area (Å²) in [6.07, 6.45) is -0.798. The lowest BCUT2D eigenvalue weighted by Gasteiger charge is -2.38. The quantitative estimate of drug-likeness (QED) is 0.602. The van der Waals surface area contributed by atoms with Crippen LogP contribution < -0.4 is 14.5 Å². The molecule has 35 heavy (non-hydrogen) atoms. The highest BCUT2D eigenvalue weighted by atomic mass is 16.5. The standard InChI is InChI=1S/C26H36N4O5/c1-7-35-24(32)16-30(23-15-22(20(5)31)19(4)27-25(23)34-6)26(33)29-10-8-28(9-11-29)21-13-17(2)12-18(3)14-21/h12-15,20,31H,7-11,16H2,1-6H3. The maximum Gasteiger partial charge on any atom is 0.326 e. The predicted molar refractivity (Wildman–Crippen MR) is 135 cm³/mol. The number of carbonyl (C=O) groups excluding carboxylic acids is 2. The van der Waals surface area contributed by atoms with Crippen molar-refractivity contribution in [1.82, 2.24) is 9.88 Å². The highest BCUT2D eigenvalue weighted by Crippen LogP contribution is 2.32. The lowest BCUT2D eigenvalue weighted by molar-refractivity contribution is -0.141. The van der Waals surface area contributed by atoms with Crippen molar-refractivity contribution in [2.24, 2.45) is 0 Å². The molecule has 0 radical (unpaired) electrons. The summed E-state index contributed by atoms with van der Waals surface area (Å²) >= 11 is 0. The maximum atomic E-state index is 13.7. The van der Waals surface area contributed by atoms with Gasteiger partial charge < -0.3 is 24.4 Å². The topological polar surface area (TPSA) is 95.4 Å². The molecule has 9 heteroatoms. The van der Waals surface area contributed by atoms with Crippen molar-refractivity contribution in [3.63, 3.8) is 0 Å². The average Bonchev–Trinajstić information content (AvgIpc) is 2.81. The van der Waals surface area contributed by atoms with Crippen LogP contribution in [0.25, 0.3) is 0 Å². The minimum Gasteiger partial charge on any atom is -0.480 e. The van der Waals surface area contributed by atoms with Gasteiger partial charge in [0, 0.05) is 43.1 Å². The number of aliphatic hydroxyl groups excluding tert-OH is 1. The van der Waals surface area contributed by atoms with Crippen molar-refractivity contribution in [2.45, 2.75) is 40.7 Å². The molecule has 0 saturated carbocycles. The van der Waals surface area contributed by atoms with E-state index in [1.54, 1.807) is 31.7 Å². The largest absolute Gasteiger partial charge is 0.480 e. The first-order valence-corrected chi connectivity index (χ1v) is 11.9. The Morgan fingerprint density at radius 2 is 1.71 bits per heavy atom. The third-order valence-corrected chi connectivity index (χ3v) is 6.08. The summed E-state index contributed by atoms with van der Waals surface area (Å²) in [6.45, 7) is 11.5. The van der Waals surface area contributed by atoms with Gasteiger partial charge in [-0.2, -0.15) is 0 Å². The van der Waals surface area contributed by atoms with Gasteiger partial charge in [-0.15, -0.1) is 0 Å². The summed E-state index contributed by atoms with van der Waals surface area (Å²) in [7, 11) is 1.46. The molecule has 1 aliphatic rings. The van der Waals surface area contributed by atoms with Crippen LogP contribution in [0.3, 0.4) is 0 Å². The number of aromatic nitrogens is 1. The maximum absolute atomic E-state index is 13.7. The fourth-order valence-electron chi connectivity index (χ4n) is 4.41. The van der Waals surface area contributed by atoms with Gasteiger partial charge in [-0.1, -0.05) is 6.07 Å². The van der Waals surface area contributed by atoms with E-state index < -0.39 is 12.1 Å². The first-order valence-electron chi connectivity index (χ1n) is 11.9. The number of pyridine rings is 1. The van der Waals surface area contributed by atoms with E-state index in [4.69, 9.17) is 9.47 Å². The Kier molecular flexibility index (Phi) is 8.56. The van der Waals surface area contributed by atoms with Crippen molar-refractivity contribution in [3.8, 4) is 5.88 Å². The predicted octanol–water partition coefficient (Wildman–Crippen LogP) is 3.38. The van der Waals surface area contributed by atoms with E-state index in [0.29, 0.717) is 43.1 Å². The summed E-state index contributed by atoms with van der Waals surface area (Å²) in [5.74, 6) is -0.325. The molecule has 1 unspecified atom stereocenters. The highest BCUT2D eigenvalue weighted by Gasteiger charge is 2.31. The fourth-order valence-corrected chi connectivity index (χ4v) is 4.41. The van der Waals surface area contributed by atoms with Crippen LogP contribution in [0, 0.1) is 20.8 Å². The molecular formula is C26H36N4O5. The van der Waals surface area contributed by atoms with E-state index in [0.717, 1.165) is 5.69 Å². The number of piperazine rings is 1. The zero-order chi connectivity index (χ0) is 25.7. The molecule has 190 valence electrons. The van der Waals surface area contributed by atoms with Crippen LogP contribution in [0.2, 0.25) is 0 Å². The molecule has 1 aliphatic heterocycles. The second-order valence-electron chi connectivity index (χ2n) is 8.86. The van der Waals surface area contributed by atoms with E-state index in [1.807, 2.05) is 0 Å². The second-order valence-corrected chi connectivity index (χ2v) is 8.86. The molecule has 1 atom stereocenters. The number of nitrogens with zero attached hydrogens (tertiary/aromatic N) is 4. The number of urea groups is 1. The Hall–Kier alpha value is -3.33. The number of benzene rings is 1. The number of anilines is 2. The first-order chi connectivity index (χ1) is 16.6. The van der Waals surface area contributed by atoms with Crippen LogP contribution >= 0.6 is 0 Å². The highest BCUT2D eigenvalue weighted by molar-refractivity contribution is 5.98. The number of hydrogen-bond acceptors (Lipinski definition) is 7. The van der Waals surface area contributed by atoms with Crippen LogP contribution in [0.1, 0.15) is 42.3 Å². The normalized spacial score (nSPS) is 14.5. The molecule has 1 N–H and O–H groups in total. The summed E-state index contributed by atoms with van der Waals surface area (Å²) in [5, 5.41) is 10.2. The number of methoxy groups -OCH3 is 1. The van der Waals surface area contributed by atoms with E-state index in [2.05, 4.69) is 41.9 Å². The van der Waals surface area contributed by atoms with Crippen molar-refractivity contribution in [2.75, 3.05) is 56.2 Å².